The first-order valence-corrected chi connectivity index (χ1v) is 4.96. The number of carbonyl (C=O) groups is 1. The van der Waals surface area contributed by atoms with Gasteiger partial charge in [0.25, 0.3) is 0 Å². The molecule has 0 aliphatic heterocycles. The Balaban J connectivity index is 2.85. The molecular formula is C10H11Cl2NO. The molecule has 2 nitrogen and oxygen atoms in total. The van der Waals surface area contributed by atoms with Gasteiger partial charge in [0.2, 0.25) is 0 Å². The van der Waals surface area contributed by atoms with Gasteiger partial charge in [0, 0.05) is 12.5 Å². The number of hydrogen-bond acceptors (Lipinski definition) is 2. The van der Waals surface area contributed by atoms with Crippen LogP contribution in [-0.2, 0) is 4.79 Å². The van der Waals surface area contributed by atoms with Gasteiger partial charge in [-0.25, -0.2) is 0 Å². The van der Waals surface area contributed by atoms with Crippen LogP contribution in [0.2, 0.25) is 10.0 Å². The number of benzene rings is 1. The van der Waals surface area contributed by atoms with Crippen molar-refractivity contribution in [3.8, 4) is 0 Å². The molecule has 4 heteroatoms. The molecule has 0 aromatic heterocycles. The molecule has 0 aliphatic rings. The van der Waals surface area contributed by atoms with Gasteiger partial charge in [-0.3, -0.25) is 4.79 Å². The van der Waals surface area contributed by atoms with Crippen LogP contribution in [0.4, 0.5) is 0 Å². The average molecular weight is 232 g/mol. The molecule has 0 fully saturated rings. The van der Waals surface area contributed by atoms with Gasteiger partial charge in [-0.2, -0.15) is 0 Å². The summed E-state index contributed by atoms with van der Waals surface area (Å²) in [6, 6.07) is 4.85. The van der Waals surface area contributed by atoms with Crippen LogP contribution >= 0.6 is 23.2 Å². The van der Waals surface area contributed by atoms with Crippen molar-refractivity contribution in [2.75, 3.05) is 0 Å². The maximum atomic E-state index is 10.8. The molecule has 1 atom stereocenters. The van der Waals surface area contributed by atoms with Crippen LogP contribution in [0.25, 0.3) is 0 Å². The van der Waals surface area contributed by atoms with E-state index in [0.29, 0.717) is 16.5 Å². The molecule has 2 N–H and O–H groups in total. The Bertz CT molecular complexity index is 352. The molecule has 1 unspecified atom stereocenters. The van der Waals surface area contributed by atoms with Crippen molar-refractivity contribution < 1.29 is 4.79 Å². The third kappa shape index (κ3) is 2.98. The van der Waals surface area contributed by atoms with E-state index in [1.165, 1.54) is 6.92 Å². The van der Waals surface area contributed by atoms with Gasteiger partial charge in [0.1, 0.15) is 5.78 Å². The van der Waals surface area contributed by atoms with Gasteiger partial charge in [0.15, 0.2) is 0 Å². The van der Waals surface area contributed by atoms with Gasteiger partial charge >= 0.3 is 0 Å². The van der Waals surface area contributed by atoms with Crippen LogP contribution < -0.4 is 5.73 Å². The summed E-state index contributed by atoms with van der Waals surface area (Å²) in [5, 5.41) is 0.952. The second kappa shape index (κ2) is 4.78. The van der Waals surface area contributed by atoms with E-state index >= 15 is 0 Å². The Hall–Kier alpha value is -0.570. The summed E-state index contributed by atoms with van der Waals surface area (Å²) in [7, 11) is 0. The first-order valence-electron chi connectivity index (χ1n) is 4.20. The van der Waals surface area contributed by atoms with Crippen LogP contribution in [0.3, 0.4) is 0 Å². The molecule has 0 saturated carbocycles. The lowest BCUT2D eigenvalue weighted by Gasteiger charge is -2.10. The highest BCUT2D eigenvalue weighted by Gasteiger charge is 2.09. The van der Waals surface area contributed by atoms with Crippen molar-refractivity contribution in [3.05, 3.63) is 33.8 Å². The number of halogens is 2. The SMILES string of the molecule is CC(=O)CC(N)c1ccc(Cl)c(Cl)c1. The van der Waals surface area contributed by atoms with E-state index in [9.17, 15) is 4.79 Å². The van der Waals surface area contributed by atoms with Crippen molar-refractivity contribution >= 4 is 29.0 Å². The minimum absolute atomic E-state index is 0.0589. The minimum Gasteiger partial charge on any atom is -0.324 e. The van der Waals surface area contributed by atoms with Crippen molar-refractivity contribution in [2.24, 2.45) is 5.73 Å². The summed E-state index contributed by atoms with van der Waals surface area (Å²) in [6.07, 6.45) is 0.317. The lowest BCUT2D eigenvalue weighted by atomic mass is 10.0. The molecule has 1 aromatic rings. The zero-order chi connectivity index (χ0) is 10.7. The summed E-state index contributed by atoms with van der Waals surface area (Å²) in [4.78, 5) is 10.8. The Morgan fingerprint density at radius 1 is 1.43 bits per heavy atom. The average Bonchev–Trinajstić information content (AvgIpc) is 2.08. The predicted octanol–water partition coefficient (Wildman–Crippen LogP) is 2.97. The standard InChI is InChI=1S/C10H11Cl2NO/c1-6(14)4-10(13)7-2-3-8(11)9(12)5-7/h2-3,5,10H,4,13H2,1H3. The van der Waals surface area contributed by atoms with E-state index in [0.717, 1.165) is 5.56 Å². The lowest BCUT2D eigenvalue weighted by Crippen LogP contribution is -2.13. The van der Waals surface area contributed by atoms with Crippen LogP contribution in [0.15, 0.2) is 18.2 Å². The molecule has 1 rings (SSSR count). The molecule has 1 aromatic carbocycles. The molecule has 0 saturated heterocycles. The first kappa shape index (κ1) is 11.5. The third-order valence-electron chi connectivity index (χ3n) is 1.88. The highest BCUT2D eigenvalue weighted by Crippen LogP contribution is 2.25. The minimum atomic E-state index is -0.303. The number of ketones is 1. The monoisotopic (exact) mass is 231 g/mol. The maximum Gasteiger partial charge on any atom is 0.131 e. The highest BCUT2D eigenvalue weighted by molar-refractivity contribution is 6.42. The van der Waals surface area contributed by atoms with Crippen molar-refractivity contribution in [3.63, 3.8) is 0 Å². The number of rotatable bonds is 3. The van der Waals surface area contributed by atoms with Gasteiger partial charge in [0.05, 0.1) is 10.0 Å². The van der Waals surface area contributed by atoms with E-state index < -0.39 is 0 Å². The zero-order valence-corrected chi connectivity index (χ0v) is 9.27. The van der Waals surface area contributed by atoms with E-state index in [-0.39, 0.29) is 11.8 Å². The van der Waals surface area contributed by atoms with E-state index in [4.69, 9.17) is 28.9 Å². The van der Waals surface area contributed by atoms with Crippen molar-refractivity contribution in [1.82, 2.24) is 0 Å². The fourth-order valence-electron chi connectivity index (χ4n) is 1.17. The maximum absolute atomic E-state index is 10.8. The Labute approximate surface area is 93.0 Å². The Morgan fingerprint density at radius 3 is 2.57 bits per heavy atom. The summed E-state index contributed by atoms with van der Waals surface area (Å²) in [5.74, 6) is 0.0589. The number of nitrogens with two attached hydrogens (primary N) is 1. The molecule has 0 bridgehead atoms. The summed E-state index contributed by atoms with van der Waals surface area (Å²) >= 11 is 11.6. The molecular weight excluding hydrogens is 221 g/mol. The van der Waals surface area contributed by atoms with Crippen molar-refractivity contribution in [1.29, 1.82) is 0 Å². The van der Waals surface area contributed by atoms with Crippen LogP contribution in [0.1, 0.15) is 24.9 Å². The second-order valence-electron chi connectivity index (χ2n) is 3.19. The van der Waals surface area contributed by atoms with Gasteiger partial charge in [-0.15, -0.1) is 0 Å². The van der Waals surface area contributed by atoms with E-state index in [1.54, 1.807) is 18.2 Å². The highest BCUT2D eigenvalue weighted by atomic mass is 35.5. The lowest BCUT2D eigenvalue weighted by molar-refractivity contribution is -0.117. The van der Waals surface area contributed by atoms with E-state index in [1.807, 2.05) is 0 Å². The molecule has 14 heavy (non-hydrogen) atoms. The fourth-order valence-corrected chi connectivity index (χ4v) is 1.48. The quantitative estimate of drug-likeness (QED) is 0.870. The van der Waals surface area contributed by atoms with Crippen molar-refractivity contribution in [2.45, 2.75) is 19.4 Å². The van der Waals surface area contributed by atoms with Crippen LogP contribution in [0.5, 0.6) is 0 Å². The Kier molecular flexibility index (Phi) is 3.93. The van der Waals surface area contributed by atoms with Crippen LogP contribution in [-0.4, -0.2) is 5.78 Å². The van der Waals surface area contributed by atoms with Gasteiger partial charge < -0.3 is 5.73 Å². The normalized spacial score (nSPS) is 12.6. The molecule has 0 aliphatic carbocycles. The largest absolute Gasteiger partial charge is 0.324 e. The number of hydrogen-bond donors (Lipinski definition) is 1. The molecule has 0 radical (unpaired) electrons. The smallest absolute Gasteiger partial charge is 0.131 e. The molecule has 0 amide bonds. The Morgan fingerprint density at radius 2 is 2.07 bits per heavy atom. The predicted molar refractivity (Wildman–Crippen MR) is 58.7 cm³/mol. The number of carbonyl (C=O) groups excluding carboxylic acids is 1. The molecule has 76 valence electrons. The first-order chi connectivity index (χ1) is 6.50. The van der Waals surface area contributed by atoms with E-state index in [2.05, 4.69) is 0 Å². The molecule has 0 spiro atoms. The topological polar surface area (TPSA) is 43.1 Å². The van der Waals surface area contributed by atoms with Gasteiger partial charge in [-0.05, 0) is 24.6 Å². The summed E-state index contributed by atoms with van der Waals surface area (Å²) in [5.41, 5.74) is 6.62. The van der Waals surface area contributed by atoms with Crippen LogP contribution in [0, 0.1) is 0 Å². The zero-order valence-electron chi connectivity index (χ0n) is 7.76. The number of Topliss-reactive ketones (excluding diaryl/α,β-unsaturated/α-hetero) is 1. The molecule has 0 heterocycles. The van der Waals surface area contributed by atoms with Gasteiger partial charge in [-0.1, -0.05) is 29.3 Å². The fraction of sp³-hybridized carbons (Fsp3) is 0.300. The third-order valence-corrected chi connectivity index (χ3v) is 2.62. The summed E-state index contributed by atoms with van der Waals surface area (Å²) in [6.45, 7) is 1.51. The summed E-state index contributed by atoms with van der Waals surface area (Å²) < 4.78 is 0. The second-order valence-corrected chi connectivity index (χ2v) is 4.00.